The van der Waals surface area contributed by atoms with Crippen molar-refractivity contribution >= 4 is 22.4 Å². The molecule has 1 N–H and O–H groups in total. The summed E-state index contributed by atoms with van der Waals surface area (Å²) in [6, 6.07) is 16.2. The van der Waals surface area contributed by atoms with Gasteiger partial charge in [0, 0.05) is 10.9 Å². The summed E-state index contributed by atoms with van der Waals surface area (Å²) in [7, 11) is 0. The van der Waals surface area contributed by atoms with Crippen LogP contribution in [-0.4, -0.2) is 10.9 Å². The Balaban J connectivity index is 1.77. The number of carbonyl (C=O) groups excluding carboxylic acids is 1. The Labute approximate surface area is 152 Å². The minimum absolute atomic E-state index is 0.00442. The second kappa shape index (κ2) is 7.62. The number of nitrogens with zero attached hydrogens (tertiary/aromatic N) is 1. The third-order valence-electron chi connectivity index (χ3n) is 4.32. The maximum atomic E-state index is 12.7. The predicted molar refractivity (Wildman–Crippen MR) is 105 cm³/mol. The van der Waals surface area contributed by atoms with Gasteiger partial charge in [-0.05, 0) is 31.4 Å². The molecule has 2 aromatic carbocycles. The largest absolute Gasteiger partial charge is 0.301 e. The number of thiazole rings is 1. The summed E-state index contributed by atoms with van der Waals surface area (Å²) in [5.41, 5.74) is 5.48. The molecule has 0 radical (unpaired) electrons. The summed E-state index contributed by atoms with van der Waals surface area (Å²) in [5, 5.41) is 5.63. The molecule has 0 aliphatic rings. The van der Waals surface area contributed by atoms with E-state index in [9.17, 15) is 4.79 Å². The zero-order valence-corrected chi connectivity index (χ0v) is 15.6. The fourth-order valence-electron chi connectivity index (χ4n) is 3.01. The van der Waals surface area contributed by atoms with Crippen LogP contribution in [-0.2, 0) is 4.79 Å². The lowest BCUT2D eigenvalue weighted by Crippen LogP contribution is -2.20. The lowest BCUT2D eigenvalue weighted by atomic mass is 9.96. The first-order chi connectivity index (χ1) is 12.1. The van der Waals surface area contributed by atoms with E-state index in [-0.39, 0.29) is 11.8 Å². The van der Waals surface area contributed by atoms with Gasteiger partial charge >= 0.3 is 0 Å². The first-order valence-corrected chi connectivity index (χ1v) is 9.35. The molecule has 3 aromatic rings. The van der Waals surface area contributed by atoms with Crippen LogP contribution in [0.3, 0.4) is 0 Å². The molecule has 1 aromatic heterocycles. The van der Waals surface area contributed by atoms with E-state index in [1.54, 1.807) is 0 Å². The minimum atomic E-state index is -0.158. The van der Waals surface area contributed by atoms with Crippen molar-refractivity contribution < 1.29 is 4.79 Å². The summed E-state index contributed by atoms with van der Waals surface area (Å²) < 4.78 is 0. The molecule has 3 nitrogen and oxygen atoms in total. The Morgan fingerprint density at radius 3 is 2.60 bits per heavy atom. The molecule has 1 unspecified atom stereocenters. The highest BCUT2D eigenvalue weighted by Crippen LogP contribution is 2.29. The Morgan fingerprint density at radius 1 is 1.16 bits per heavy atom. The zero-order valence-electron chi connectivity index (χ0n) is 14.7. The van der Waals surface area contributed by atoms with E-state index in [1.165, 1.54) is 22.5 Å². The van der Waals surface area contributed by atoms with Crippen molar-refractivity contribution in [1.29, 1.82) is 0 Å². The van der Waals surface area contributed by atoms with Gasteiger partial charge in [-0.25, -0.2) is 4.98 Å². The molecular weight excluding hydrogens is 328 g/mol. The number of amides is 1. The van der Waals surface area contributed by atoms with Crippen molar-refractivity contribution in [2.45, 2.75) is 33.1 Å². The SMILES string of the molecule is CCC(C(=O)Nc1nc(-c2ccc(C)cc2C)cs1)c1ccccc1. The number of hydrogen-bond donors (Lipinski definition) is 1. The third kappa shape index (κ3) is 3.97. The fourth-order valence-corrected chi connectivity index (χ4v) is 3.72. The van der Waals surface area contributed by atoms with Gasteiger partial charge in [0.15, 0.2) is 5.13 Å². The van der Waals surface area contributed by atoms with E-state index < -0.39 is 0 Å². The third-order valence-corrected chi connectivity index (χ3v) is 5.08. The molecule has 128 valence electrons. The lowest BCUT2D eigenvalue weighted by molar-refractivity contribution is -0.117. The van der Waals surface area contributed by atoms with Crippen LogP contribution < -0.4 is 5.32 Å². The molecule has 1 amide bonds. The number of anilines is 1. The van der Waals surface area contributed by atoms with E-state index in [2.05, 4.69) is 42.3 Å². The molecule has 1 heterocycles. The molecule has 0 spiro atoms. The van der Waals surface area contributed by atoms with E-state index in [0.717, 1.165) is 23.2 Å². The van der Waals surface area contributed by atoms with Crippen molar-refractivity contribution in [3.8, 4) is 11.3 Å². The number of carbonyl (C=O) groups is 1. The van der Waals surface area contributed by atoms with Gasteiger partial charge in [-0.15, -0.1) is 11.3 Å². The highest BCUT2D eigenvalue weighted by Gasteiger charge is 2.19. The number of rotatable bonds is 5. The standard InChI is InChI=1S/C21H22N2OS/c1-4-17(16-8-6-5-7-9-16)20(24)23-21-22-19(13-25-21)18-11-10-14(2)12-15(18)3/h5-13,17H,4H2,1-3H3,(H,22,23,24). The molecule has 4 heteroatoms. The number of hydrogen-bond acceptors (Lipinski definition) is 3. The van der Waals surface area contributed by atoms with E-state index >= 15 is 0 Å². The van der Waals surface area contributed by atoms with Crippen LogP contribution in [0.15, 0.2) is 53.9 Å². The van der Waals surface area contributed by atoms with Gasteiger partial charge < -0.3 is 5.32 Å². The molecule has 0 aliphatic carbocycles. The summed E-state index contributed by atoms with van der Waals surface area (Å²) in [5.74, 6) is -0.162. The average molecular weight is 350 g/mol. The topological polar surface area (TPSA) is 42.0 Å². The van der Waals surface area contributed by atoms with E-state index in [1.807, 2.05) is 42.6 Å². The van der Waals surface area contributed by atoms with Crippen LogP contribution in [0.25, 0.3) is 11.3 Å². The van der Waals surface area contributed by atoms with Gasteiger partial charge in [0.25, 0.3) is 0 Å². The highest BCUT2D eigenvalue weighted by atomic mass is 32.1. The van der Waals surface area contributed by atoms with Crippen molar-refractivity contribution in [3.05, 3.63) is 70.6 Å². The van der Waals surface area contributed by atoms with Crippen LogP contribution in [0.4, 0.5) is 5.13 Å². The zero-order chi connectivity index (χ0) is 17.8. The molecule has 0 saturated carbocycles. The summed E-state index contributed by atoms with van der Waals surface area (Å²) in [6.07, 6.45) is 0.755. The first kappa shape index (κ1) is 17.4. The van der Waals surface area contributed by atoms with Crippen LogP contribution in [0.1, 0.15) is 36.0 Å². The Kier molecular flexibility index (Phi) is 5.29. The maximum absolute atomic E-state index is 12.7. The Hall–Kier alpha value is -2.46. The fraction of sp³-hybridized carbons (Fsp3) is 0.238. The Morgan fingerprint density at radius 2 is 1.92 bits per heavy atom. The summed E-state index contributed by atoms with van der Waals surface area (Å²) >= 11 is 1.47. The van der Waals surface area contributed by atoms with Gasteiger partial charge in [-0.3, -0.25) is 4.79 Å². The normalized spacial score (nSPS) is 12.0. The van der Waals surface area contributed by atoms with Crippen LogP contribution in [0.2, 0.25) is 0 Å². The van der Waals surface area contributed by atoms with Gasteiger partial charge in [0.1, 0.15) is 0 Å². The highest BCUT2D eigenvalue weighted by molar-refractivity contribution is 7.14. The predicted octanol–water partition coefficient (Wildman–Crippen LogP) is 5.56. The van der Waals surface area contributed by atoms with Gasteiger partial charge in [-0.1, -0.05) is 61.0 Å². The van der Waals surface area contributed by atoms with E-state index in [4.69, 9.17) is 0 Å². The maximum Gasteiger partial charge on any atom is 0.233 e. The number of aromatic nitrogens is 1. The molecule has 25 heavy (non-hydrogen) atoms. The van der Waals surface area contributed by atoms with Crippen molar-refractivity contribution in [2.75, 3.05) is 5.32 Å². The summed E-state index contributed by atoms with van der Waals surface area (Å²) in [6.45, 7) is 6.20. The van der Waals surface area contributed by atoms with E-state index in [0.29, 0.717) is 5.13 Å². The quantitative estimate of drug-likeness (QED) is 0.654. The first-order valence-electron chi connectivity index (χ1n) is 8.47. The van der Waals surface area contributed by atoms with Crippen LogP contribution in [0.5, 0.6) is 0 Å². The smallest absolute Gasteiger partial charge is 0.233 e. The summed E-state index contributed by atoms with van der Waals surface area (Å²) in [4.78, 5) is 17.3. The molecule has 1 atom stereocenters. The van der Waals surface area contributed by atoms with Crippen molar-refractivity contribution in [1.82, 2.24) is 4.98 Å². The lowest BCUT2D eigenvalue weighted by Gasteiger charge is -2.14. The molecule has 0 fully saturated rings. The molecule has 0 saturated heterocycles. The number of aryl methyl sites for hydroxylation is 2. The Bertz CT molecular complexity index is 871. The van der Waals surface area contributed by atoms with Gasteiger partial charge in [-0.2, -0.15) is 0 Å². The molecule has 3 rings (SSSR count). The average Bonchev–Trinajstić information content (AvgIpc) is 3.04. The number of benzene rings is 2. The molecular formula is C21H22N2OS. The van der Waals surface area contributed by atoms with Gasteiger partial charge in [0.2, 0.25) is 5.91 Å². The molecule has 0 bridgehead atoms. The monoisotopic (exact) mass is 350 g/mol. The number of nitrogens with one attached hydrogen (secondary N) is 1. The van der Waals surface area contributed by atoms with Crippen LogP contribution >= 0.6 is 11.3 Å². The minimum Gasteiger partial charge on any atom is -0.301 e. The van der Waals surface area contributed by atoms with Crippen molar-refractivity contribution in [2.24, 2.45) is 0 Å². The second-order valence-electron chi connectivity index (χ2n) is 6.22. The molecule has 0 aliphatic heterocycles. The van der Waals surface area contributed by atoms with Gasteiger partial charge in [0.05, 0.1) is 11.6 Å². The van der Waals surface area contributed by atoms with Crippen LogP contribution in [0, 0.1) is 13.8 Å². The second-order valence-corrected chi connectivity index (χ2v) is 7.08. The van der Waals surface area contributed by atoms with Crippen molar-refractivity contribution in [3.63, 3.8) is 0 Å².